The summed E-state index contributed by atoms with van der Waals surface area (Å²) in [6.07, 6.45) is 1.71. The van der Waals surface area contributed by atoms with Gasteiger partial charge in [-0.25, -0.2) is 9.97 Å². The van der Waals surface area contributed by atoms with E-state index in [1.54, 1.807) is 0 Å². The molecular formula is C20H20N4O2S2. The van der Waals surface area contributed by atoms with E-state index in [4.69, 9.17) is 0 Å². The van der Waals surface area contributed by atoms with Crippen LogP contribution in [0, 0.1) is 27.7 Å². The normalized spacial score (nSPS) is 11.4. The average Bonchev–Trinajstić information content (AvgIpc) is 3.15. The molecule has 3 heterocycles. The summed E-state index contributed by atoms with van der Waals surface area (Å²) in [5, 5.41) is 4.09. The number of carbonyl (C=O) groups excluding carboxylic acids is 1. The van der Waals surface area contributed by atoms with Crippen molar-refractivity contribution >= 4 is 54.1 Å². The molecule has 0 spiro atoms. The summed E-state index contributed by atoms with van der Waals surface area (Å²) in [5.74, 6) is -0.168. The molecule has 8 heteroatoms. The highest BCUT2D eigenvalue weighted by Gasteiger charge is 2.14. The second kappa shape index (κ2) is 7.10. The number of rotatable bonds is 4. The predicted molar refractivity (Wildman–Crippen MR) is 116 cm³/mol. The van der Waals surface area contributed by atoms with Crippen molar-refractivity contribution in [3.05, 3.63) is 50.4 Å². The number of nitrogens with zero attached hydrogens (tertiary/aromatic N) is 3. The Labute approximate surface area is 169 Å². The Hall–Kier alpha value is -2.58. The quantitative estimate of drug-likeness (QED) is 0.541. The maximum atomic E-state index is 12.7. The molecule has 4 aromatic rings. The minimum atomic E-state index is -0.168. The lowest BCUT2D eigenvalue weighted by molar-refractivity contribution is -0.116. The van der Waals surface area contributed by atoms with Crippen LogP contribution in [0.2, 0.25) is 0 Å². The lowest BCUT2D eigenvalue weighted by atomic mass is 10.1. The highest BCUT2D eigenvalue weighted by Crippen LogP contribution is 2.29. The average molecular weight is 413 g/mol. The molecule has 1 N–H and O–H groups in total. The van der Waals surface area contributed by atoms with Crippen molar-refractivity contribution in [2.24, 2.45) is 0 Å². The van der Waals surface area contributed by atoms with E-state index in [2.05, 4.69) is 27.4 Å². The van der Waals surface area contributed by atoms with Crippen LogP contribution in [-0.4, -0.2) is 20.4 Å². The van der Waals surface area contributed by atoms with E-state index in [0.717, 1.165) is 31.1 Å². The molecule has 1 aromatic carbocycles. The molecule has 0 saturated carbocycles. The molecule has 0 unspecified atom stereocenters. The van der Waals surface area contributed by atoms with Crippen LogP contribution >= 0.6 is 22.7 Å². The summed E-state index contributed by atoms with van der Waals surface area (Å²) in [6.45, 7) is 8.27. The number of carbonyl (C=O) groups is 1. The Morgan fingerprint density at radius 2 is 1.96 bits per heavy atom. The van der Waals surface area contributed by atoms with Crippen molar-refractivity contribution in [2.45, 2.75) is 40.7 Å². The summed E-state index contributed by atoms with van der Waals surface area (Å²) < 4.78 is 2.56. The zero-order valence-corrected chi connectivity index (χ0v) is 17.8. The standard InChI is InChI=1S/C20H20N4O2S2/c1-10-7-11(2)17-14(8-10)28-20(23-17)22-15(25)5-6-24-9-21-18-16(19(24)26)12(3)13(4)27-18/h7-9H,5-6H2,1-4H3,(H,22,23,25). The molecule has 3 aromatic heterocycles. The number of thiazole rings is 1. The third-order valence-corrected chi connectivity index (χ3v) is 6.84. The Morgan fingerprint density at radius 1 is 1.18 bits per heavy atom. The van der Waals surface area contributed by atoms with Crippen LogP contribution in [0.3, 0.4) is 0 Å². The maximum absolute atomic E-state index is 12.7. The van der Waals surface area contributed by atoms with Gasteiger partial charge in [0.1, 0.15) is 4.83 Å². The van der Waals surface area contributed by atoms with Crippen LogP contribution < -0.4 is 10.9 Å². The van der Waals surface area contributed by atoms with Crippen LogP contribution in [0.5, 0.6) is 0 Å². The number of nitrogens with one attached hydrogen (secondary N) is 1. The molecule has 1 amide bonds. The third-order valence-electron chi connectivity index (χ3n) is 4.81. The van der Waals surface area contributed by atoms with Gasteiger partial charge in [0.15, 0.2) is 5.13 Å². The van der Waals surface area contributed by atoms with Gasteiger partial charge < -0.3 is 5.32 Å². The van der Waals surface area contributed by atoms with Crippen molar-refractivity contribution in [1.82, 2.24) is 14.5 Å². The SMILES string of the molecule is Cc1cc(C)c2nc(NC(=O)CCn3cnc4sc(C)c(C)c4c3=O)sc2c1. The molecular weight excluding hydrogens is 392 g/mol. The van der Waals surface area contributed by atoms with E-state index >= 15 is 0 Å². The minimum absolute atomic E-state index is 0.0919. The fourth-order valence-corrected chi connectivity index (χ4v) is 5.30. The lowest BCUT2D eigenvalue weighted by Gasteiger charge is -2.05. The minimum Gasteiger partial charge on any atom is -0.302 e. The lowest BCUT2D eigenvalue weighted by Crippen LogP contribution is -2.23. The second-order valence-electron chi connectivity index (χ2n) is 6.95. The van der Waals surface area contributed by atoms with E-state index in [1.165, 1.54) is 39.1 Å². The Balaban J connectivity index is 1.50. The van der Waals surface area contributed by atoms with E-state index < -0.39 is 0 Å². The highest BCUT2D eigenvalue weighted by atomic mass is 32.1. The van der Waals surface area contributed by atoms with Crippen LogP contribution in [-0.2, 0) is 11.3 Å². The number of aryl methyl sites for hydroxylation is 5. The number of benzene rings is 1. The number of amides is 1. The fraction of sp³-hybridized carbons (Fsp3) is 0.300. The Bertz CT molecular complexity index is 1280. The summed E-state index contributed by atoms with van der Waals surface area (Å²) >= 11 is 2.98. The van der Waals surface area contributed by atoms with Gasteiger partial charge in [-0.15, -0.1) is 11.3 Å². The van der Waals surface area contributed by atoms with Gasteiger partial charge in [-0.3, -0.25) is 14.2 Å². The third kappa shape index (κ3) is 3.33. The summed E-state index contributed by atoms with van der Waals surface area (Å²) in [7, 11) is 0. The van der Waals surface area contributed by atoms with Crippen molar-refractivity contribution in [3.8, 4) is 0 Å². The zero-order valence-electron chi connectivity index (χ0n) is 16.1. The predicted octanol–water partition coefficient (Wildman–Crippen LogP) is 4.33. The highest BCUT2D eigenvalue weighted by molar-refractivity contribution is 7.22. The van der Waals surface area contributed by atoms with Gasteiger partial charge in [-0.05, 0) is 50.5 Å². The number of anilines is 1. The molecule has 28 heavy (non-hydrogen) atoms. The Kier molecular flexibility index (Phi) is 4.76. The van der Waals surface area contributed by atoms with Gasteiger partial charge in [0, 0.05) is 17.8 Å². The molecule has 0 radical (unpaired) electrons. The first-order valence-corrected chi connectivity index (χ1v) is 10.6. The molecule has 0 bridgehead atoms. The van der Waals surface area contributed by atoms with Crippen LogP contribution in [0.4, 0.5) is 5.13 Å². The molecule has 4 rings (SSSR count). The zero-order chi connectivity index (χ0) is 20.0. The molecule has 0 saturated heterocycles. The molecule has 0 atom stereocenters. The molecule has 0 aliphatic carbocycles. The molecule has 6 nitrogen and oxygen atoms in total. The number of hydrogen-bond donors (Lipinski definition) is 1. The topological polar surface area (TPSA) is 76.9 Å². The van der Waals surface area contributed by atoms with Crippen molar-refractivity contribution in [1.29, 1.82) is 0 Å². The number of thiophene rings is 1. The summed E-state index contributed by atoms with van der Waals surface area (Å²) in [4.78, 5) is 35.8. The summed E-state index contributed by atoms with van der Waals surface area (Å²) in [5.41, 5.74) is 4.06. The van der Waals surface area contributed by atoms with Crippen molar-refractivity contribution < 1.29 is 4.79 Å². The largest absolute Gasteiger partial charge is 0.302 e. The number of hydrogen-bond acceptors (Lipinski definition) is 6. The molecule has 0 aliphatic rings. The van der Waals surface area contributed by atoms with Crippen molar-refractivity contribution in [2.75, 3.05) is 5.32 Å². The van der Waals surface area contributed by atoms with E-state index in [1.807, 2.05) is 27.7 Å². The first kappa shape index (κ1) is 18.8. The fourth-order valence-electron chi connectivity index (χ4n) is 3.26. The van der Waals surface area contributed by atoms with Crippen LogP contribution in [0.25, 0.3) is 20.4 Å². The van der Waals surface area contributed by atoms with Gasteiger partial charge >= 0.3 is 0 Å². The van der Waals surface area contributed by atoms with Gasteiger partial charge in [0.2, 0.25) is 5.91 Å². The van der Waals surface area contributed by atoms with Gasteiger partial charge in [-0.1, -0.05) is 17.4 Å². The summed E-state index contributed by atoms with van der Waals surface area (Å²) in [6, 6.07) is 4.15. The van der Waals surface area contributed by atoms with E-state index in [0.29, 0.717) is 10.5 Å². The smallest absolute Gasteiger partial charge is 0.262 e. The second-order valence-corrected chi connectivity index (χ2v) is 9.19. The number of fused-ring (bicyclic) bond motifs is 2. The van der Waals surface area contributed by atoms with E-state index in [9.17, 15) is 9.59 Å². The van der Waals surface area contributed by atoms with Crippen LogP contribution in [0.15, 0.2) is 23.3 Å². The molecule has 0 fully saturated rings. The maximum Gasteiger partial charge on any atom is 0.262 e. The first-order valence-electron chi connectivity index (χ1n) is 8.96. The van der Waals surface area contributed by atoms with Gasteiger partial charge in [0.05, 0.1) is 21.9 Å². The van der Waals surface area contributed by atoms with Gasteiger partial charge in [-0.2, -0.15) is 0 Å². The van der Waals surface area contributed by atoms with Crippen LogP contribution in [0.1, 0.15) is 28.0 Å². The van der Waals surface area contributed by atoms with Crippen molar-refractivity contribution in [3.63, 3.8) is 0 Å². The number of aromatic nitrogens is 3. The van der Waals surface area contributed by atoms with Gasteiger partial charge in [0.25, 0.3) is 5.56 Å². The molecule has 144 valence electrons. The molecule has 0 aliphatic heterocycles. The monoisotopic (exact) mass is 412 g/mol. The van der Waals surface area contributed by atoms with E-state index in [-0.39, 0.29) is 24.4 Å². The first-order chi connectivity index (χ1) is 13.3. The Morgan fingerprint density at radius 3 is 2.75 bits per heavy atom.